The molecule has 0 N–H and O–H groups in total. The van der Waals surface area contributed by atoms with Gasteiger partial charge in [0.05, 0.1) is 12.3 Å². The van der Waals surface area contributed by atoms with Crippen molar-refractivity contribution in [1.82, 2.24) is 4.98 Å². The lowest BCUT2D eigenvalue weighted by Crippen LogP contribution is -2.09. The van der Waals surface area contributed by atoms with Crippen LogP contribution < -0.4 is 4.74 Å². The van der Waals surface area contributed by atoms with Crippen LogP contribution in [0, 0.1) is 5.92 Å². The maximum absolute atomic E-state index is 12.1. The molecule has 1 aliphatic carbocycles. The van der Waals surface area contributed by atoms with Gasteiger partial charge < -0.3 is 4.74 Å². The second-order valence-corrected chi connectivity index (χ2v) is 5.35. The van der Waals surface area contributed by atoms with Crippen molar-refractivity contribution in [3.05, 3.63) is 24.0 Å². The van der Waals surface area contributed by atoms with Crippen molar-refractivity contribution in [3.63, 3.8) is 0 Å². The highest BCUT2D eigenvalue weighted by Crippen LogP contribution is 2.29. The number of pyridine rings is 1. The van der Waals surface area contributed by atoms with Crippen LogP contribution in [-0.2, 0) is 0 Å². The van der Waals surface area contributed by atoms with Gasteiger partial charge in [0.1, 0.15) is 5.75 Å². The van der Waals surface area contributed by atoms with Crippen molar-refractivity contribution in [1.29, 1.82) is 0 Å². The van der Waals surface area contributed by atoms with Crippen LogP contribution in [0.1, 0.15) is 56.3 Å². The average molecular weight is 247 g/mol. The lowest BCUT2D eigenvalue weighted by atomic mass is 9.98. The van der Waals surface area contributed by atoms with Crippen molar-refractivity contribution >= 4 is 5.78 Å². The quantitative estimate of drug-likeness (QED) is 0.746. The first-order valence-corrected chi connectivity index (χ1v) is 6.80. The molecule has 18 heavy (non-hydrogen) atoms. The summed E-state index contributed by atoms with van der Waals surface area (Å²) in [7, 11) is 0. The Labute approximate surface area is 109 Å². The molecule has 2 rings (SSSR count). The predicted molar refractivity (Wildman–Crippen MR) is 70.9 cm³/mol. The molecule has 1 heterocycles. The second kappa shape index (κ2) is 5.98. The maximum Gasteiger partial charge on any atom is 0.164 e. The molecule has 0 amide bonds. The van der Waals surface area contributed by atoms with E-state index >= 15 is 0 Å². The van der Waals surface area contributed by atoms with Gasteiger partial charge in [0, 0.05) is 18.2 Å². The van der Waals surface area contributed by atoms with Crippen LogP contribution in [0.3, 0.4) is 0 Å². The predicted octanol–water partition coefficient (Wildman–Crippen LogP) is 3.63. The summed E-state index contributed by atoms with van der Waals surface area (Å²) in [5, 5.41) is 0. The summed E-state index contributed by atoms with van der Waals surface area (Å²) in [5.74, 6) is 1.46. The van der Waals surface area contributed by atoms with E-state index in [1.807, 2.05) is 19.9 Å². The third-order valence-electron chi connectivity index (χ3n) is 3.36. The number of carbonyl (C=O) groups is 1. The topological polar surface area (TPSA) is 39.2 Å². The summed E-state index contributed by atoms with van der Waals surface area (Å²) in [6, 6.07) is 1.81. The van der Waals surface area contributed by atoms with Gasteiger partial charge in [0.25, 0.3) is 0 Å². The Hall–Kier alpha value is -1.38. The molecule has 0 aromatic carbocycles. The van der Waals surface area contributed by atoms with E-state index in [4.69, 9.17) is 4.74 Å². The first-order valence-electron chi connectivity index (χ1n) is 6.80. The molecule has 1 aromatic rings. The van der Waals surface area contributed by atoms with Gasteiger partial charge >= 0.3 is 0 Å². The van der Waals surface area contributed by atoms with Crippen LogP contribution in [0.25, 0.3) is 0 Å². The van der Waals surface area contributed by atoms with Crippen LogP contribution in [0.15, 0.2) is 18.5 Å². The fraction of sp³-hybridized carbons (Fsp3) is 0.600. The van der Waals surface area contributed by atoms with E-state index in [2.05, 4.69) is 4.98 Å². The minimum atomic E-state index is 0.104. The Morgan fingerprint density at radius 2 is 2.11 bits per heavy atom. The molecule has 98 valence electrons. The van der Waals surface area contributed by atoms with Gasteiger partial charge in [-0.1, -0.05) is 25.7 Å². The number of hydrogen-bond donors (Lipinski definition) is 0. The number of ether oxygens (including phenoxy) is 1. The number of ketones is 1. The SMILES string of the molecule is CC(C)Oc1cncc(C(=O)CC2CCCC2)c1. The van der Waals surface area contributed by atoms with Crippen molar-refractivity contribution in [2.75, 3.05) is 0 Å². The first-order chi connectivity index (χ1) is 8.65. The lowest BCUT2D eigenvalue weighted by Gasteiger charge is -2.11. The molecule has 0 bridgehead atoms. The Balaban J connectivity index is 2.00. The zero-order chi connectivity index (χ0) is 13.0. The summed E-state index contributed by atoms with van der Waals surface area (Å²) in [6.07, 6.45) is 9.00. The standard InChI is InChI=1S/C15H21NO2/c1-11(2)18-14-8-13(9-16-10-14)15(17)7-12-5-3-4-6-12/h8-12H,3-7H2,1-2H3. The van der Waals surface area contributed by atoms with Crippen molar-refractivity contribution < 1.29 is 9.53 Å². The molecular formula is C15H21NO2. The monoisotopic (exact) mass is 247 g/mol. The summed E-state index contributed by atoms with van der Waals surface area (Å²) < 4.78 is 5.56. The molecule has 3 nitrogen and oxygen atoms in total. The summed E-state index contributed by atoms with van der Waals surface area (Å²) in [4.78, 5) is 16.2. The first kappa shape index (κ1) is 13.1. The second-order valence-electron chi connectivity index (χ2n) is 5.35. The van der Waals surface area contributed by atoms with E-state index in [0.717, 1.165) is 0 Å². The van der Waals surface area contributed by atoms with E-state index in [9.17, 15) is 4.79 Å². The minimum absolute atomic E-state index is 0.104. The Bertz CT molecular complexity index is 409. The van der Waals surface area contributed by atoms with Crippen molar-refractivity contribution in [3.8, 4) is 5.75 Å². The molecule has 1 fully saturated rings. The molecule has 0 radical (unpaired) electrons. The van der Waals surface area contributed by atoms with E-state index in [1.54, 1.807) is 12.4 Å². The zero-order valence-electron chi connectivity index (χ0n) is 11.2. The number of rotatable bonds is 5. The van der Waals surface area contributed by atoms with Gasteiger partial charge in [-0.2, -0.15) is 0 Å². The average Bonchev–Trinajstić information content (AvgIpc) is 2.81. The molecule has 0 atom stereocenters. The van der Waals surface area contributed by atoms with E-state index in [1.165, 1.54) is 25.7 Å². The fourth-order valence-electron chi connectivity index (χ4n) is 2.50. The fourth-order valence-corrected chi connectivity index (χ4v) is 2.50. The highest BCUT2D eigenvalue weighted by Gasteiger charge is 2.19. The molecule has 0 saturated heterocycles. The van der Waals surface area contributed by atoms with Crippen LogP contribution in [0.2, 0.25) is 0 Å². The lowest BCUT2D eigenvalue weighted by molar-refractivity contribution is 0.0961. The van der Waals surface area contributed by atoms with Gasteiger partial charge in [-0.05, 0) is 25.8 Å². The molecule has 1 aromatic heterocycles. The van der Waals surface area contributed by atoms with Crippen molar-refractivity contribution in [2.24, 2.45) is 5.92 Å². The molecule has 1 saturated carbocycles. The van der Waals surface area contributed by atoms with Crippen LogP contribution in [0.5, 0.6) is 5.75 Å². The molecule has 3 heteroatoms. The highest BCUT2D eigenvalue weighted by atomic mass is 16.5. The Morgan fingerprint density at radius 3 is 2.78 bits per heavy atom. The number of carbonyl (C=O) groups excluding carboxylic acids is 1. The summed E-state index contributed by atoms with van der Waals surface area (Å²) in [6.45, 7) is 3.93. The van der Waals surface area contributed by atoms with Gasteiger partial charge in [-0.25, -0.2) is 0 Å². The highest BCUT2D eigenvalue weighted by molar-refractivity contribution is 5.96. The third kappa shape index (κ3) is 3.56. The maximum atomic E-state index is 12.1. The van der Waals surface area contributed by atoms with E-state index < -0.39 is 0 Å². The molecule has 0 aliphatic heterocycles. The van der Waals surface area contributed by atoms with E-state index in [0.29, 0.717) is 23.7 Å². The molecule has 1 aliphatic rings. The molecule has 0 unspecified atom stereocenters. The van der Waals surface area contributed by atoms with Gasteiger partial charge in [0.15, 0.2) is 5.78 Å². The summed E-state index contributed by atoms with van der Waals surface area (Å²) >= 11 is 0. The van der Waals surface area contributed by atoms with Crippen molar-refractivity contribution in [2.45, 2.75) is 52.1 Å². The van der Waals surface area contributed by atoms with Gasteiger partial charge in [0.2, 0.25) is 0 Å². The third-order valence-corrected chi connectivity index (χ3v) is 3.36. The van der Waals surface area contributed by atoms with Gasteiger partial charge in [-0.3, -0.25) is 9.78 Å². The Kier molecular flexibility index (Phi) is 4.34. The van der Waals surface area contributed by atoms with Crippen LogP contribution >= 0.6 is 0 Å². The molecule has 0 spiro atoms. The van der Waals surface area contributed by atoms with Crippen LogP contribution in [-0.4, -0.2) is 16.9 Å². The van der Waals surface area contributed by atoms with Crippen LogP contribution in [0.4, 0.5) is 0 Å². The zero-order valence-corrected chi connectivity index (χ0v) is 11.2. The number of hydrogen-bond acceptors (Lipinski definition) is 3. The summed E-state index contributed by atoms with van der Waals surface area (Å²) in [5.41, 5.74) is 0.681. The minimum Gasteiger partial charge on any atom is -0.489 e. The number of aromatic nitrogens is 1. The molecular weight excluding hydrogens is 226 g/mol. The Morgan fingerprint density at radius 1 is 1.39 bits per heavy atom. The van der Waals surface area contributed by atoms with E-state index in [-0.39, 0.29) is 11.9 Å². The smallest absolute Gasteiger partial charge is 0.164 e. The van der Waals surface area contributed by atoms with Gasteiger partial charge in [-0.15, -0.1) is 0 Å². The number of Topliss-reactive ketones (excluding diaryl/α,β-unsaturated/α-hetero) is 1. The normalized spacial score (nSPS) is 16.2. The number of nitrogens with zero attached hydrogens (tertiary/aromatic N) is 1. The largest absolute Gasteiger partial charge is 0.489 e.